The number of nitrogens with zero attached hydrogens (tertiary/aromatic N) is 2. The molecule has 3 nitrogen and oxygen atoms in total. The zero-order valence-corrected chi connectivity index (χ0v) is 12.0. The van der Waals surface area contributed by atoms with E-state index in [4.69, 9.17) is 10.00 Å². The van der Waals surface area contributed by atoms with Crippen LogP contribution in [0.3, 0.4) is 0 Å². The second-order valence-electron chi connectivity index (χ2n) is 5.15. The predicted molar refractivity (Wildman–Crippen MR) is 73.2 cm³/mol. The molecule has 0 heterocycles. The van der Waals surface area contributed by atoms with E-state index in [1.807, 2.05) is 31.9 Å². The number of nitriles is 1. The Hall–Kier alpha value is -1.60. The molecule has 1 rings (SSSR count). The third-order valence-corrected chi connectivity index (χ3v) is 3.15. The molecule has 1 atom stereocenters. The fraction of sp³-hybridized carbons (Fsp3) is 0.533. The molecular formula is C15H21FN2O. The average Bonchev–Trinajstić information content (AvgIpc) is 2.35. The Morgan fingerprint density at radius 2 is 2.11 bits per heavy atom. The smallest absolute Gasteiger partial charge is 0.165 e. The van der Waals surface area contributed by atoms with Crippen LogP contribution >= 0.6 is 0 Å². The van der Waals surface area contributed by atoms with E-state index < -0.39 is 0 Å². The van der Waals surface area contributed by atoms with Gasteiger partial charge in [0.25, 0.3) is 0 Å². The van der Waals surface area contributed by atoms with E-state index in [0.717, 1.165) is 5.56 Å². The minimum absolute atomic E-state index is 0.00639. The van der Waals surface area contributed by atoms with Crippen molar-refractivity contribution >= 4 is 0 Å². The van der Waals surface area contributed by atoms with Gasteiger partial charge in [0, 0.05) is 13.1 Å². The van der Waals surface area contributed by atoms with Crippen molar-refractivity contribution in [2.24, 2.45) is 11.8 Å². The normalized spacial score (nSPS) is 12.5. The van der Waals surface area contributed by atoms with E-state index in [2.05, 4.69) is 6.07 Å². The molecule has 1 aromatic rings. The first-order valence-corrected chi connectivity index (χ1v) is 6.38. The Bertz CT molecular complexity index is 454. The molecule has 1 unspecified atom stereocenters. The number of hydrogen-bond donors (Lipinski definition) is 0. The van der Waals surface area contributed by atoms with Gasteiger partial charge in [-0.15, -0.1) is 0 Å². The maximum atomic E-state index is 13.6. The van der Waals surface area contributed by atoms with Crippen LogP contribution in [0.2, 0.25) is 0 Å². The largest absolute Gasteiger partial charge is 0.494 e. The quantitative estimate of drug-likeness (QED) is 0.792. The molecule has 0 N–H and O–H groups in total. The lowest BCUT2D eigenvalue weighted by Gasteiger charge is -2.22. The molecule has 0 aliphatic carbocycles. The van der Waals surface area contributed by atoms with E-state index in [9.17, 15) is 4.39 Å². The summed E-state index contributed by atoms with van der Waals surface area (Å²) in [4.78, 5) is 2.04. The number of ether oxygens (including phenoxy) is 1. The summed E-state index contributed by atoms with van der Waals surface area (Å²) in [6.45, 7) is 5.37. The van der Waals surface area contributed by atoms with Gasteiger partial charge in [0.05, 0.1) is 19.1 Å². The summed E-state index contributed by atoms with van der Waals surface area (Å²) in [6.07, 6.45) is 0. The minimum atomic E-state index is -0.353. The summed E-state index contributed by atoms with van der Waals surface area (Å²) in [7, 11) is 3.39. The zero-order valence-electron chi connectivity index (χ0n) is 12.0. The average molecular weight is 264 g/mol. The van der Waals surface area contributed by atoms with Crippen molar-refractivity contribution in [2.45, 2.75) is 20.4 Å². The van der Waals surface area contributed by atoms with Crippen molar-refractivity contribution in [3.05, 3.63) is 29.6 Å². The highest BCUT2D eigenvalue weighted by molar-refractivity contribution is 5.29. The maximum absolute atomic E-state index is 13.6. The lowest BCUT2D eigenvalue weighted by molar-refractivity contribution is 0.265. The highest BCUT2D eigenvalue weighted by Crippen LogP contribution is 2.19. The lowest BCUT2D eigenvalue weighted by Crippen LogP contribution is -2.27. The summed E-state index contributed by atoms with van der Waals surface area (Å²) in [5, 5.41) is 9.07. The molecule has 0 saturated carbocycles. The number of halogens is 1. The van der Waals surface area contributed by atoms with Crippen LogP contribution in [0.1, 0.15) is 19.4 Å². The van der Waals surface area contributed by atoms with Crippen molar-refractivity contribution in [1.82, 2.24) is 4.90 Å². The summed E-state index contributed by atoms with van der Waals surface area (Å²) < 4.78 is 18.4. The van der Waals surface area contributed by atoms with E-state index in [1.165, 1.54) is 13.2 Å². The molecule has 104 valence electrons. The molecule has 1 aromatic carbocycles. The SMILES string of the molecule is COc1ccc(CN(C)CC(C#N)C(C)C)cc1F. The van der Waals surface area contributed by atoms with E-state index in [0.29, 0.717) is 19.0 Å². The van der Waals surface area contributed by atoms with Crippen LogP contribution in [0.15, 0.2) is 18.2 Å². The van der Waals surface area contributed by atoms with Crippen LogP contribution < -0.4 is 4.74 Å². The first-order chi connectivity index (χ1) is 8.97. The van der Waals surface area contributed by atoms with Gasteiger partial charge in [0.15, 0.2) is 11.6 Å². The third-order valence-electron chi connectivity index (χ3n) is 3.15. The van der Waals surface area contributed by atoms with Crippen LogP contribution in [0.25, 0.3) is 0 Å². The van der Waals surface area contributed by atoms with Gasteiger partial charge in [-0.25, -0.2) is 4.39 Å². The van der Waals surface area contributed by atoms with Gasteiger partial charge in [-0.05, 0) is 30.7 Å². The van der Waals surface area contributed by atoms with Crippen molar-refractivity contribution < 1.29 is 9.13 Å². The molecule has 0 aliphatic heterocycles. The third kappa shape index (κ3) is 4.53. The molecule has 0 aromatic heterocycles. The zero-order chi connectivity index (χ0) is 14.4. The number of methoxy groups -OCH3 is 1. The van der Waals surface area contributed by atoms with Crippen molar-refractivity contribution in [3.8, 4) is 11.8 Å². The van der Waals surface area contributed by atoms with Crippen molar-refractivity contribution in [1.29, 1.82) is 5.26 Å². The Morgan fingerprint density at radius 3 is 2.58 bits per heavy atom. The summed E-state index contributed by atoms with van der Waals surface area (Å²) >= 11 is 0. The molecule has 4 heteroatoms. The topological polar surface area (TPSA) is 36.3 Å². The van der Waals surface area contributed by atoms with Gasteiger partial charge in [0.2, 0.25) is 0 Å². The predicted octanol–water partition coefficient (Wildman–Crippen LogP) is 3.06. The fourth-order valence-corrected chi connectivity index (χ4v) is 1.92. The van der Waals surface area contributed by atoms with Gasteiger partial charge < -0.3 is 9.64 Å². The highest BCUT2D eigenvalue weighted by atomic mass is 19.1. The van der Waals surface area contributed by atoms with Crippen LogP contribution in [-0.2, 0) is 6.54 Å². The van der Waals surface area contributed by atoms with E-state index >= 15 is 0 Å². The van der Waals surface area contributed by atoms with Crippen LogP contribution in [0, 0.1) is 29.0 Å². The minimum Gasteiger partial charge on any atom is -0.494 e. The molecule has 0 amide bonds. The molecule has 0 aliphatic rings. The van der Waals surface area contributed by atoms with E-state index in [1.54, 1.807) is 6.07 Å². The lowest BCUT2D eigenvalue weighted by atomic mass is 9.97. The Labute approximate surface area is 114 Å². The molecule has 0 spiro atoms. The Morgan fingerprint density at radius 1 is 1.42 bits per heavy atom. The van der Waals surface area contributed by atoms with Gasteiger partial charge >= 0.3 is 0 Å². The number of rotatable bonds is 6. The summed E-state index contributed by atoms with van der Waals surface area (Å²) in [5.74, 6) is 0.214. The van der Waals surface area contributed by atoms with Crippen LogP contribution in [0.5, 0.6) is 5.75 Å². The molecule has 0 fully saturated rings. The summed E-state index contributed by atoms with van der Waals surface area (Å²) in [5.41, 5.74) is 0.876. The molecule has 0 saturated heterocycles. The standard InChI is InChI=1S/C15H21FN2O/c1-11(2)13(8-17)10-18(3)9-12-5-6-15(19-4)14(16)7-12/h5-7,11,13H,9-10H2,1-4H3. The number of hydrogen-bond acceptors (Lipinski definition) is 3. The molecule has 19 heavy (non-hydrogen) atoms. The van der Waals surface area contributed by atoms with Crippen molar-refractivity contribution in [3.63, 3.8) is 0 Å². The Kier molecular flexibility index (Phi) is 5.78. The first-order valence-electron chi connectivity index (χ1n) is 6.38. The number of benzene rings is 1. The van der Waals surface area contributed by atoms with Gasteiger partial charge in [-0.1, -0.05) is 19.9 Å². The Balaban J connectivity index is 2.64. The fourth-order valence-electron chi connectivity index (χ4n) is 1.92. The maximum Gasteiger partial charge on any atom is 0.165 e. The first kappa shape index (κ1) is 15.5. The molecular weight excluding hydrogens is 243 g/mol. The molecule has 0 radical (unpaired) electrons. The van der Waals surface area contributed by atoms with Gasteiger partial charge in [0.1, 0.15) is 0 Å². The van der Waals surface area contributed by atoms with E-state index in [-0.39, 0.29) is 17.5 Å². The van der Waals surface area contributed by atoms with Gasteiger partial charge in [-0.2, -0.15) is 5.26 Å². The molecule has 0 bridgehead atoms. The monoisotopic (exact) mass is 264 g/mol. The van der Waals surface area contributed by atoms with Crippen LogP contribution in [0.4, 0.5) is 4.39 Å². The van der Waals surface area contributed by atoms with Crippen LogP contribution in [-0.4, -0.2) is 25.6 Å². The second kappa shape index (κ2) is 7.10. The summed E-state index contributed by atoms with van der Waals surface area (Å²) in [6, 6.07) is 7.26. The van der Waals surface area contributed by atoms with Crippen molar-refractivity contribution in [2.75, 3.05) is 20.7 Å². The second-order valence-corrected chi connectivity index (χ2v) is 5.15. The van der Waals surface area contributed by atoms with Gasteiger partial charge in [-0.3, -0.25) is 0 Å². The highest BCUT2D eigenvalue weighted by Gasteiger charge is 2.15.